The first-order valence-electron chi connectivity index (χ1n) is 12.6. The second-order valence-corrected chi connectivity index (χ2v) is 8.97. The summed E-state index contributed by atoms with van der Waals surface area (Å²) in [7, 11) is 0. The van der Waals surface area contributed by atoms with Gasteiger partial charge in [0.15, 0.2) is 0 Å². The molecule has 0 bridgehead atoms. The number of benzene rings is 2. The third-order valence-corrected chi connectivity index (χ3v) is 5.83. The number of amides is 2. The van der Waals surface area contributed by atoms with Crippen LogP contribution in [0.25, 0.3) is 0 Å². The number of carbonyl (C=O) groups is 3. The molecule has 2 aromatic rings. The lowest BCUT2D eigenvalue weighted by atomic mass is 9.98. The molecule has 0 aliphatic rings. The standard InChI is InChI=1S/C30H38N2O5/c1-3-5-17-29(35)37-22-27(19-24-15-10-7-11-16-24)32-30(36)25(12-4-2)20-28(34)31-26(21-33)18-23-13-8-6-9-14-23/h3-4,6-11,13-16,25-27,33H,1-2,5,12,17-22H2,(H,31,34)(H,32,36)/t25-,26+,27-/m1/s1. The van der Waals surface area contributed by atoms with Crippen molar-refractivity contribution < 1.29 is 24.2 Å². The molecule has 3 N–H and O–H groups in total. The predicted octanol–water partition coefficient (Wildman–Crippen LogP) is 3.53. The highest BCUT2D eigenvalue weighted by Crippen LogP contribution is 2.13. The summed E-state index contributed by atoms with van der Waals surface area (Å²) in [5.41, 5.74) is 1.98. The maximum atomic E-state index is 13.2. The number of allylic oxidation sites excluding steroid dienone is 2. The second-order valence-electron chi connectivity index (χ2n) is 8.97. The first kappa shape index (κ1) is 29.5. The molecule has 0 aromatic heterocycles. The fraction of sp³-hybridized carbons (Fsp3) is 0.367. The molecular formula is C30H38N2O5. The first-order valence-corrected chi connectivity index (χ1v) is 12.6. The molecule has 2 rings (SSSR count). The summed E-state index contributed by atoms with van der Waals surface area (Å²) in [6.07, 6.45) is 5.20. The number of carbonyl (C=O) groups excluding carboxylic acids is 3. The molecule has 0 unspecified atom stereocenters. The molecule has 0 aliphatic carbocycles. The van der Waals surface area contributed by atoms with Crippen molar-refractivity contribution in [1.29, 1.82) is 0 Å². The molecule has 7 heteroatoms. The number of aliphatic hydroxyl groups excluding tert-OH is 1. The summed E-state index contributed by atoms with van der Waals surface area (Å²) in [5, 5.41) is 15.5. The van der Waals surface area contributed by atoms with Gasteiger partial charge in [-0.3, -0.25) is 14.4 Å². The number of hydrogen-bond acceptors (Lipinski definition) is 5. The van der Waals surface area contributed by atoms with Crippen molar-refractivity contribution in [3.63, 3.8) is 0 Å². The van der Waals surface area contributed by atoms with Crippen LogP contribution in [0.2, 0.25) is 0 Å². The molecule has 0 aliphatic heterocycles. The Balaban J connectivity index is 2.01. The number of rotatable bonds is 17. The van der Waals surface area contributed by atoms with Crippen molar-refractivity contribution in [3.8, 4) is 0 Å². The van der Waals surface area contributed by atoms with Gasteiger partial charge >= 0.3 is 5.97 Å². The zero-order valence-electron chi connectivity index (χ0n) is 21.3. The van der Waals surface area contributed by atoms with Gasteiger partial charge in [0.1, 0.15) is 6.61 Å². The maximum absolute atomic E-state index is 13.2. The largest absolute Gasteiger partial charge is 0.463 e. The Morgan fingerprint density at radius 3 is 2.00 bits per heavy atom. The fourth-order valence-corrected chi connectivity index (χ4v) is 3.91. The Labute approximate surface area is 219 Å². The lowest BCUT2D eigenvalue weighted by Crippen LogP contribution is -2.45. The van der Waals surface area contributed by atoms with Crippen LogP contribution in [0.1, 0.15) is 36.8 Å². The number of nitrogens with one attached hydrogen (secondary N) is 2. The SMILES string of the molecule is C=CCCC(=O)OC[C@@H](Cc1ccccc1)NC(=O)[C@H](CC=C)CC(=O)N[C@H](CO)Cc1ccccc1. The van der Waals surface area contributed by atoms with Gasteiger partial charge in [-0.2, -0.15) is 0 Å². The summed E-state index contributed by atoms with van der Waals surface area (Å²) in [5.74, 6) is -1.65. The smallest absolute Gasteiger partial charge is 0.306 e. The van der Waals surface area contributed by atoms with Gasteiger partial charge in [-0.05, 0) is 36.8 Å². The van der Waals surface area contributed by atoms with Gasteiger partial charge in [0.2, 0.25) is 11.8 Å². The van der Waals surface area contributed by atoms with Crippen molar-refractivity contribution in [1.82, 2.24) is 10.6 Å². The van der Waals surface area contributed by atoms with Gasteiger partial charge in [0.05, 0.1) is 24.6 Å². The van der Waals surface area contributed by atoms with Crippen molar-refractivity contribution in [2.24, 2.45) is 5.92 Å². The van der Waals surface area contributed by atoms with Crippen LogP contribution in [-0.2, 0) is 32.0 Å². The molecule has 3 atom stereocenters. The van der Waals surface area contributed by atoms with Crippen LogP contribution in [0.15, 0.2) is 86.0 Å². The average molecular weight is 507 g/mol. The summed E-state index contributed by atoms with van der Waals surface area (Å²) in [6.45, 7) is 7.15. The Morgan fingerprint density at radius 2 is 1.46 bits per heavy atom. The van der Waals surface area contributed by atoms with Gasteiger partial charge < -0.3 is 20.5 Å². The van der Waals surface area contributed by atoms with Crippen LogP contribution in [0.5, 0.6) is 0 Å². The molecule has 2 aromatic carbocycles. The van der Waals surface area contributed by atoms with E-state index in [0.717, 1.165) is 11.1 Å². The van der Waals surface area contributed by atoms with Crippen LogP contribution in [0, 0.1) is 5.92 Å². The molecule has 0 saturated carbocycles. The van der Waals surface area contributed by atoms with E-state index < -0.39 is 18.0 Å². The molecule has 7 nitrogen and oxygen atoms in total. The van der Waals surface area contributed by atoms with Gasteiger partial charge in [-0.1, -0.05) is 72.8 Å². The minimum atomic E-state index is -0.650. The molecule has 0 heterocycles. The highest BCUT2D eigenvalue weighted by Gasteiger charge is 2.25. The number of ether oxygens (including phenoxy) is 1. The number of esters is 1. The Kier molecular flexibility index (Phi) is 13.5. The molecule has 198 valence electrons. The number of aliphatic hydroxyl groups is 1. The monoisotopic (exact) mass is 506 g/mol. The minimum Gasteiger partial charge on any atom is -0.463 e. The Hall–Kier alpha value is -3.71. The van der Waals surface area contributed by atoms with E-state index in [-0.39, 0.29) is 43.8 Å². The lowest BCUT2D eigenvalue weighted by molar-refractivity contribution is -0.145. The van der Waals surface area contributed by atoms with Crippen molar-refractivity contribution in [3.05, 3.63) is 97.1 Å². The van der Waals surface area contributed by atoms with Crippen LogP contribution < -0.4 is 10.6 Å². The Bertz CT molecular complexity index is 994. The van der Waals surface area contributed by atoms with Gasteiger partial charge in [-0.25, -0.2) is 0 Å². The minimum absolute atomic E-state index is 0.0211. The third-order valence-electron chi connectivity index (χ3n) is 5.83. The van der Waals surface area contributed by atoms with E-state index in [1.54, 1.807) is 12.2 Å². The highest BCUT2D eigenvalue weighted by atomic mass is 16.5. The van der Waals surface area contributed by atoms with Gasteiger partial charge in [0.25, 0.3) is 0 Å². The second kappa shape index (κ2) is 16.9. The van der Waals surface area contributed by atoms with Crippen LogP contribution >= 0.6 is 0 Å². The van der Waals surface area contributed by atoms with Gasteiger partial charge in [-0.15, -0.1) is 13.2 Å². The fourth-order valence-electron chi connectivity index (χ4n) is 3.91. The summed E-state index contributed by atoms with van der Waals surface area (Å²) >= 11 is 0. The summed E-state index contributed by atoms with van der Waals surface area (Å²) < 4.78 is 5.40. The van der Waals surface area contributed by atoms with E-state index in [4.69, 9.17) is 4.74 Å². The Morgan fingerprint density at radius 1 is 0.865 bits per heavy atom. The molecule has 37 heavy (non-hydrogen) atoms. The average Bonchev–Trinajstić information content (AvgIpc) is 2.91. The number of hydrogen-bond donors (Lipinski definition) is 3. The summed E-state index contributed by atoms with van der Waals surface area (Å²) in [6, 6.07) is 18.3. The predicted molar refractivity (Wildman–Crippen MR) is 145 cm³/mol. The molecule has 0 fully saturated rings. The van der Waals surface area contributed by atoms with E-state index in [9.17, 15) is 19.5 Å². The zero-order chi connectivity index (χ0) is 26.9. The molecule has 2 amide bonds. The normalized spacial score (nSPS) is 13.0. The van der Waals surface area contributed by atoms with Crippen LogP contribution in [0.3, 0.4) is 0 Å². The molecule has 0 saturated heterocycles. The van der Waals surface area contributed by atoms with E-state index >= 15 is 0 Å². The van der Waals surface area contributed by atoms with E-state index in [1.807, 2.05) is 60.7 Å². The highest BCUT2D eigenvalue weighted by molar-refractivity contribution is 5.86. The van der Waals surface area contributed by atoms with Crippen molar-refractivity contribution in [2.45, 2.75) is 50.6 Å². The van der Waals surface area contributed by atoms with Crippen molar-refractivity contribution in [2.75, 3.05) is 13.2 Å². The third kappa shape index (κ3) is 11.7. The van der Waals surface area contributed by atoms with E-state index in [1.165, 1.54) is 0 Å². The molecule has 0 spiro atoms. The van der Waals surface area contributed by atoms with E-state index in [0.29, 0.717) is 25.7 Å². The maximum Gasteiger partial charge on any atom is 0.306 e. The van der Waals surface area contributed by atoms with Crippen molar-refractivity contribution >= 4 is 17.8 Å². The topological polar surface area (TPSA) is 105 Å². The first-order chi connectivity index (χ1) is 17.9. The lowest BCUT2D eigenvalue weighted by Gasteiger charge is -2.23. The van der Waals surface area contributed by atoms with Gasteiger partial charge in [0, 0.05) is 12.8 Å². The van der Waals surface area contributed by atoms with Crippen LogP contribution in [0.4, 0.5) is 0 Å². The quantitative estimate of drug-likeness (QED) is 0.225. The van der Waals surface area contributed by atoms with Crippen LogP contribution in [-0.4, -0.2) is 48.2 Å². The zero-order valence-corrected chi connectivity index (χ0v) is 21.3. The summed E-state index contributed by atoms with van der Waals surface area (Å²) in [4.78, 5) is 38.0. The molecular weight excluding hydrogens is 468 g/mol. The van der Waals surface area contributed by atoms with E-state index in [2.05, 4.69) is 23.8 Å². The molecule has 0 radical (unpaired) electrons.